The van der Waals surface area contributed by atoms with Gasteiger partial charge in [-0.3, -0.25) is 9.59 Å². The number of benzene rings is 2. The number of hydrogen-bond acceptors (Lipinski definition) is 5. The molecule has 7 nitrogen and oxygen atoms in total. The van der Waals surface area contributed by atoms with Gasteiger partial charge in [0.2, 0.25) is 0 Å². The summed E-state index contributed by atoms with van der Waals surface area (Å²) >= 11 is 0. The molecule has 0 radical (unpaired) electrons. The summed E-state index contributed by atoms with van der Waals surface area (Å²) in [5.41, 5.74) is 3.54. The molecule has 0 aliphatic carbocycles. The maximum atomic E-state index is 12.9. The normalized spacial score (nSPS) is 24.4. The van der Waals surface area contributed by atoms with Crippen LogP contribution in [0.5, 0.6) is 0 Å². The van der Waals surface area contributed by atoms with Gasteiger partial charge in [-0.2, -0.15) is 0 Å². The summed E-state index contributed by atoms with van der Waals surface area (Å²) in [6, 6.07) is 15.2. The van der Waals surface area contributed by atoms with Gasteiger partial charge in [-0.25, -0.2) is 0 Å². The number of halogens is 1. The fourth-order valence-corrected chi connectivity index (χ4v) is 5.07. The third kappa shape index (κ3) is 4.92. The smallest absolute Gasteiger partial charge is 0.254 e. The van der Waals surface area contributed by atoms with E-state index in [0.717, 1.165) is 19.3 Å². The van der Waals surface area contributed by atoms with Crippen LogP contribution in [0.2, 0.25) is 0 Å². The van der Waals surface area contributed by atoms with Crippen LogP contribution in [-0.4, -0.2) is 65.8 Å². The van der Waals surface area contributed by atoms with Crippen molar-refractivity contribution in [3.05, 3.63) is 70.8 Å². The second-order valence-electron chi connectivity index (χ2n) is 8.95. The molecule has 2 bridgehead atoms. The summed E-state index contributed by atoms with van der Waals surface area (Å²) in [4.78, 5) is 27.5. The van der Waals surface area contributed by atoms with Crippen LogP contribution < -0.4 is 10.6 Å². The maximum Gasteiger partial charge on any atom is 0.254 e. The van der Waals surface area contributed by atoms with Crippen molar-refractivity contribution in [2.24, 2.45) is 0 Å². The largest absolute Gasteiger partial charge is 0.390 e. The number of ether oxygens (including phenoxy) is 1. The van der Waals surface area contributed by atoms with E-state index in [-0.39, 0.29) is 48.9 Å². The molecule has 5 rings (SSSR count). The molecular formula is C25H30ClN3O4. The number of nitrogens with one attached hydrogen (secondary N) is 2. The second-order valence-corrected chi connectivity index (χ2v) is 8.95. The van der Waals surface area contributed by atoms with Crippen molar-refractivity contribution in [2.45, 2.75) is 50.0 Å². The summed E-state index contributed by atoms with van der Waals surface area (Å²) in [6.07, 6.45) is 2.01. The first-order chi connectivity index (χ1) is 15.6. The van der Waals surface area contributed by atoms with E-state index in [1.165, 1.54) is 11.1 Å². The standard InChI is InChI=1S/C25H29N3O4.ClH/c29-23(22-11-18-3-1-2-4-19(18)12-26-22)13-27-24(30)16-5-7-17(8-6-16)25(31)28-20-9-10-21(28)15-32-14-20;/h1-8,20-23,26,29H,9-15H2,(H,27,30);1H. The SMILES string of the molecule is Cl.O=C(NCC(O)C1Cc2ccccc2CN1)c1ccc(C(=O)N2C3CCC2COC3)cc1. The molecule has 2 amide bonds. The van der Waals surface area contributed by atoms with E-state index in [1.807, 2.05) is 17.0 Å². The number of aliphatic hydroxyl groups excluding tert-OH is 1. The van der Waals surface area contributed by atoms with Gasteiger partial charge >= 0.3 is 0 Å². The molecule has 33 heavy (non-hydrogen) atoms. The Morgan fingerprint density at radius 1 is 1.03 bits per heavy atom. The Morgan fingerprint density at radius 3 is 2.36 bits per heavy atom. The molecule has 2 aromatic rings. The monoisotopic (exact) mass is 471 g/mol. The summed E-state index contributed by atoms with van der Waals surface area (Å²) in [7, 11) is 0. The first kappa shape index (κ1) is 23.7. The number of rotatable bonds is 5. The Labute approximate surface area is 199 Å². The lowest BCUT2D eigenvalue weighted by molar-refractivity contribution is -0.00716. The van der Waals surface area contributed by atoms with Crippen LogP contribution in [0.3, 0.4) is 0 Å². The lowest BCUT2D eigenvalue weighted by atomic mass is 9.93. The Kier molecular flexibility index (Phi) is 7.34. The topological polar surface area (TPSA) is 90.9 Å². The Morgan fingerprint density at radius 2 is 1.67 bits per heavy atom. The minimum atomic E-state index is -0.690. The molecule has 0 spiro atoms. The molecule has 3 heterocycles. The van der Waals surface area contributed by atoms with Crippen molar-refractivity contribution in [3.8, 4) is 0 Å². The fourth-order valence-electron chi connectivity index (χ4n) is 5.07. The van der Waals surface area contributed by atoms with E-state index >= 15 is 0 Å². The molecule has 3 N–H and O–H groups in total. The Bertz CT molecular complexity index is 983. The van der Waals surface area contributed by atoms with Gasteiger partial charge < -0.3 is 25.4 Å². The summed E-state index contributed by atoms with van der Waals surface area (Å²) < 4.78 is 5.56. The van der Waals surface area contributed by atoms with Crippen molar-refractivity contribution in [3.63, 3.8) is 0 Å². The molecule has 3 aliphatic heterocycles. The van der Waals surface area contributed by atoms with E-state index in [4.69, 9.17) is 4.74 Å². The highest BCUT2D eigenvalue weighted by molar-refractivity contribution is 5.98. The third-order valence-electron chi connectivity index (χ3n) is 6.92. The third-order valence-corrected chi connectivity index (χ3v) is 6.92. The molecule has 2 aromatic carbocycles. The zero-order valence-electron chi connectivity index (χ0n) is 18.4. The average molecular weight is 472 g/mol. The van der Waals surface area contributed by atoms with Crippen molar-refractivity contribution >= 4 is 24.2 Å². The highest BCUT2D eigenvalue weighted by Crippen LogP contribution is 2.30. The van der Waals surface area contributed by atoms with E-state index in [9.17, 15) is 14.7 Å². The van der Waals surface area contributed by atoms with Crippen LogP contribution in [0, 0.1) is 0 Å². The number of fused-ring (bicyclic) bond motifs is 3. The van der Waals surface area contributed by atoms with Crippen molar-refractivity contribution < 1.29 is 19.4 Å². The lowest BCUT2D eigenvalue weighted by Gasteiger charge is -2.34. The Hall–Kier alpha value is -2.45. The van der Waals surface area contributed by atoms with Gasteiger partial charge in [0.25, 0.3) is 11.8 Å². The maximum absolute atomic E-state index is 12.9. The number of amides is 2. The lowest BCUT2D eigenvalue weighted by Crippen LogP contribution is -2.49. The molecule has 2 saturated heterocycles. The van der Waals surface area contributed by atoms with Crippen LogP contribution in [0.25, 0.3) is 0 Å². The predicted octanol–water partition coefficient (Wildman–Crippen LogP) is 1.92. The number of morpholine rings is 1. The van der Waals surface area contributed by atoms with E-state index in [2.05, 4.69) is 22.8 Å². The van der Waals surface area contributed by atoms with Crippen LogP contribution in [-0.2, 0) is 17.7 Å². The van der Waals surface area contributed by atoms with Crippen LogP contribution in [0.1, 0.15) is 44.7 Å². The second kappa shape index (κ2) is 10.2. The van der Waals surface area contributed by atoms with Crippen molar-refractivity contribution in [1.29, 1.82) is 0 Å². The molecule has 4 atom stereocenters. The number of carbonyl (C=O) groups is 2. The number of hydrogen-bond donors (Lipinski definition) is 3. The Balaban J connectivity index is 0.00000259. The number of aliphatic hydroxyl groups is 1. The van der Waals surface area contributed by atoms with Crippen LogP contribution in [0.4, 0.5) is 0 Å². The number of carbonyl (C=O) groups excluding carboxylic acids is 2. The molecule has 2 fully saturated rings. The van der Waals surface area contributed by atoms with Gasteiger partial charge in [-0.1, -0.05) is 24.3 Å². The molecule has 176 valence electrons. The van der Waals surface area contributed by atoms with Crippen molar-refractivity contribution in [1.82, 2.24) is 15.5 Å². The average Bonchev–Trinajstić information content (AvgIpc) is 3.09. The zero-order valence-corrected chi connectivity index (χ0v) is 19.2. The molecule has 0 saturated carbocycles. The van der Waals surface area contributed by atoms with Gasteiger partial charge in [-0.15, -0.1) is 12.4 Å². The van der Waals surface area contributed by atoms with Gasteiger partial charge in [0.15, 0.2) is 0 Å². The molecular weight excluding hydrogens is 442 g/mol. The minimum Gasteiger partial charge on any atom is -0.390 e. The first-order valence-electron chi connectivity index (χ1n) is 11.4. The van der Waals surface area contributed by atoms with Crippen LogP contribution >= 0.6 is 12.4 Å². The highest BCUT2D eigenvalue weighted by Gasteiger charge is 2.40. The highest BCUT2D eigenvalue weighted by atomic mass is 35.5. The van der Waals surface area contributed by atoms with Gasteiger partial charge in [-0.05, 0) is 54.7 Å². The molecule has 0 aromatic heterocycles. The van der Waals surface area contributed by atoms with Crippen LogP contribution in [0.15, 0.2) is 48.5 Å². The predicted molar refractivity (Wildman–Crippen MR) is 127 cm³/mol. The van der Waals surface area contributed by atoms with E-state index in [0.29, 0.717) is 30.9 Å². The molecule has 4 unspecified atom stereocenters. The zero-order chi connectivity index (χ0) is 22.1. The number of nitrogens with zero attached hydrogens (tertiary/aromatic N) is 1. The fraction of sp³-hybridized carbons (Fsp3) is 0.440. The van der Waals surface area contributed by atoms with Gasteiger partial charge in [0, 0.05) is 30.3 Å². The molecule has 8 heteroatoms. The summed E-state index contributed by atoms with van der Waals surface area (Å²) in [5.74, 6) is -0.252. The van der Waals surface area contributed by atoms with Gasteiger partial charge in [0.05, 0.1) is 31.4 Å². The van der Waals surface area contributed by atoms with Gasteiger partial charge in [0.1, 0.15) is 0 Å². The van der Waals surface area contributed by atoms with E-state index < -0.39 is 6.10 Å². The quantitative estimate of drug-likeness (QED) is 0.619. The first-order valence-corrected chi connectivity index (χ1v) is 11.4. The summed E-state index contributed by atoms with van der Waals surface area (Å²) in [5, 5.41) is 16.7. The molecule has 3 aliphatic rings. The van der Waals surface area contributed by atoms with Crippen molar-refractivity contribution in [2.75, 3.05) is 19.8 Å². The minimum absolute atomic E-state index is 0. The van der Waals surface area contributed by atoms with E-state index in [1.54, 1.807) is 24.3 Å². The summed E-state index contributed by atoms with van der Waals surface area (Å²) in [6.45, 7) is 2.08.